The van der Waals surface area contributed by atoms with Crippen LogP contribution in [0.1, 0.15) is 12.8 Å². The van der Waals surface area contributed by atoms with Crippen molar-refractivity contribution in [1.29, 1.82) is 0 Å². The first-order valence-corrected chi connectivity index (χ1v) is 6.17. The number of ether oxygens (including phenoxy) is 1. The van der Waals surface area contributed by atoms with Gasteiger partial charge in [0.05, 0.1) is 18.2 Å². The molecule has 0 spiro atoms. The lowest BCUT2D eigenvalue weighted by atomic mass is 10.1. The highest BCUT2D eigenvalue weighted by Crippen LogP contribution is 2.23. The van der Waals surface area contributed by atoms with Crippen molar-refractivity contribution in [2.45, 2.75) is 25.5 Å². The molecule has 0 aliphatic carbocycles. The number of hydrogen-bond acceptors (Lipinski definition) is 5. The second-order valence-corrected chi connectivity index (χ2v) is 4.56. The highest BCUT2D eigenvalue weighted by Gasteiger charge is 2.20. The lowest BCUT2D eigenvalue weighted by Crippen LogP contribution is -2.17. The van der Waals surface area contributed by atoms with Gasteiger partial charge in [-0.1, -0.05) is 0 Å². The third-order valence-corrected chi connectivity index (χ3v) is 3.17. The number of nitrogens with zero attached hydrogens (tertiary/aromatic N) is 4. The molecule has 3 rings (SSSR count). The molecule has 100 valence electrons. The van der Waals surface area contributed by atoms with Gasteiger partial charge >= 0.3 is 0 Å². The fraction of sp³-hybridized carbons (Fsp3) is 0.417. The van der Waals surface area contributed by atoms with E-state index in [1.807, 2.05) is 0 Å². The Hall–Kier alpha value is -2.02. The zero-order valence-electron chi connectivity index (χ0n) is 10.3. The molecule has 1 unspecified atom stereocenters. The van der Waals surface area contributed by atoms with Crippen molar-refractivity contribution in [2.75, 3.05) is 12.3 Å². The van der Waals surface area contributed by atoms with Gasteiger partial charge in [0, 0.05) is 12.3 Å². The van der Waals surface area contributed by atoms with Crippen molar-refractivity contribution in [3.05, 3.63) is 24.0 Å². The number of tetrazole rings is 1. The highest BCUT2D eigenvalue weighted by molar-refractivity contribution is 5.59. The summed E-state index contributed by atoms with van der Waals surface area (Å²) in [5.41, 5.74) is 6.25. The minimum absolute atomic E-state index is 0.0964. The molecule has 6 nitrogen and oxygen atoms in total. The SMILES string of the molecule is Nc1ccc(-c2nnnn2CC2CCCO2)c(F)c1. The van der Waals surface area contributed by atoms with E-state index in [1.54, 1.807) is 16.8 Å². The van der Waals surface area contributed by atoms with E-state index in [2.05, 4.69) is 15.5 Å². The first-order chi connectivity index (χ1) is 9.24. The molecule has 0 bridgehead atoms. The van der Waals surface area contributed by atoms with Crippen molar-refractivity contribution in [3.8, 4) is 11.4 Å². The van der Waals surface area contributed by atoms with Crippen LogP contribution in [0.4, 0.5) is 10.1 Å². The van der Waals surface area contributed by atoms with Gasteiger partial charge in [0.2, 0.25) is 0 Å². The largest absolute Gasteiger partial charge is 0.399 e. The first kappa shape index (κ1) is 12.0. The van der Waals surface area contributed by atoms with Crippen LogP contribution in [0.2, 0.25) is 0 Å². The monoisotopic (exact) mass is 263 g/mol. The molecule has 0 amide bonds. The number of halogens is 1. The quantitative estimate of drug-likeness (QED) is 0.843. The molecular formula is C12H14FN5O. The number of benzene rings is 1. The van der Waals surface area contributed by atoms with Crippen LogP contribution >= 0.6 is 0 Å². The van der Waals surface area contributed by atoms with Crippen molar-refractivity contribution in [1.82, 2.24) is 20.2 Å². The molecule has 7 heteroatoms. The molecule has 1 saturated heterocycles. The normalized spacial score (nSPS) is 18.9. The molecular weight excluding hydrogens is 249 g/mol. The maximum absolute atomic E-state index is 13.9. The molecule has 1 aromatic heterocycles. The van der Waals surface area contributed by atoms with Gasteiger partial charge in [0.25, 0.3) is 0 Å². The molecule has 1 aliphatic heterocycles. The standard InChI is InChI=1S/C12H14FN5O/c13-11-6-8(14)3-4-10(11)12-15-16-17-18(12)7-9-2-1-5-19-9/h3-4,6,9H,1-2,5,7,14H2. The Morgan fingerprint density at radius 1 is 1.47 bits per heavy atom. The molecule has 0 radical (unpaired) electrons. The van der Waals surface area contributed by atoms with E-state index in [9.17, 15) is 4.39 Å². The Bertz CT molecular complexity index is 579. The van der Waals surface area contributed by atoms with Crippen LogP contribution in [0.5, 0.6) is 0 Å². The number of rotatable bonds is 3. The van der Waals surface area contributed by atoms with E-state index in [1.165, 1.54) is 6.07 Å². The maximum atomic E-state index is 13.9. The summed E-state index contributed by atoms with van der Waals surface area (Å²) >= 11 is 0. The molecule has 1 aliphatic rings. The molecule has 19 heavy (non-hydrogen) atoms. The molecule has 1 aromatic carbocycles. The van der Waals surface area contributed by atoms with E-state index in [0.717, 1.165) is 19.4 Å². The zero-order chi connectivity index (χ0) is 13.2. The minimum Gasteiger partial charge on any atom is -0.399 e. The molecule has 1 fully saturated rings. The van der Waals surface area contributed by atoms with Gasteiger partial charge < -0.3 is 10.5 Å². The summed E-state index contributed by atoms with van der Waals surface area (Å²) in [5, 5.41) is 11.4. The van der Waals surface area contributed by atoms with Crippen LogP contribution in [-0.2, 0) is 11.3 Å². The Morgan fingerprint density at radius 2 is 2.37 bits per heavy atom. The summed E-state index contributed by atoms with van der Waals surface area (Å²) < 4.78 is 21.0. The second kappa shape index (κ2) is 4.93. The predicted molar refractivity (Wildman–Crippen MR) is 66.6 cm³/mol. The minimum atomic E-state index is -0.427. The van der Waals surface area contributed by atoms with Gasteiger partial charge in [-0.25, -0.2) is 9.07 Å². The van der Waals surface area contributed by atoms with E-state index < -0.39 is 5.82 Å². The smallest absolute Gasteiger partial charge is 0.185 e. The average Bonchev–Trinajstić information content (AvgIpc) is 3.02. The van der Waals surface area contributed by atoms with Crippen LogP contribution in [0, 0.1) is 5.82 Å². The lowest BCUT2D eigenvalue weighted by molar-refractivity contribution is 0.0939. The number of nitrogens with two attached hydrogens (primary N) is 1. The van der Waals surface area contributed by atoms with Crippen LogP contribution in [0.25, 0.3) is 11.4 Å². The van der Waals surface area contributed by atoms with Gasteiger partial charge in [-0.3, -0.25) is 0 Å². The lowest BCUT2D eigenvalue weighted by Gasteiger charge is -2.10. The zero-order valence-corrected chi connectivity index (χ0v) is 10.3. The summed E-state index contributed by atoms with van der Waals surface area (Å²) in [7, 11) is 0. The molecule has 0 saturated carbocycles. The fourth-order valence-corrected chi connectivity index (χ4v) is 2.21. The van der Waals surface area contributed by atoms with Crippen molar-refractivity contribution in [3.63, 3.8) is 0 Å². The van der Waals surface area contributed by atoms with Crippen LogP contribution in [0.15, 0.2) is 18.2 Å². The third-order valence-electron chi connectivity index (χ3n) is 3.17. The van der Waals surface area contributed by atoms with E-state index in [4.69, 9.17) is 10.5 Å². The Balaban J connectivity index is 1.90. The average molecular weight is 263 g/mol. The van der Waals surface area contributed by atoms with E-state index in [0.29, 0.717) is 23.6 Å². The Kier molecular flexibility index (Phi) is 3.12. The maximum Gasteiger partial charge on any atom is 0.185 e. The molecule has 2 aromatic rings. The third kappa shape index (κ3) is 2.41. The number of hydrogen-bond donors (Lipinski definition) is 1. The summed E-state index contributed by atoms with van der Waals surface area (Å²) in [6.45, 7) is 1.30. The fourth-order valence-electron chi connectivity index (χ4n) is 2.21. The van der Waals surface area contributed by atoms with E-state index >= 15 is 0 Å². The Morgan fingerprint density at radius 3 is 3.11 bits per heavy atom. The summed E-state index contributed by atoms with van der Waals surface area (Å²) in [6.07, 6.45) is 2.11. The van der Waals surface area contributed by atoms with Gasteiger partial charge in [-0.2, -0.15) is 0 Å². The van der Waals surface area contributed by atoms with Crippen molar-refractivity contribution >= 4 is 5.69 Å². The second-order valence-electron chi connectivity index (χ2n) is 4.56. The van der Waals surface area contributed by atoms with Gasteiger partial charge in [0.1, 0.15) is 5.82 Å². The molecule has 1 atom stereocenters. The number of nitrogen functional groups attached to an aromatic ring is 1. The molecule has 2 heterocycles. The topological polar surface area (TPSA) is 78.9 Å². The van der Waals surface area contributed by atoms with Crippen LogP contribution in [0.3, 0.4) is 0 Å². The van der Waals surface area contributed by atoms with E-state index in [-0.39, 0.29) is 6.10 Å². The highest BCUT2D eigenvalue weighted by atomic mass is 19.1. The molecule has 2 N–H and O–H groups in total. The van der Waals surface area contributed by atoms with Crippen molar-refractivity contribution in [2.24, 2.45) is 0 Å². The van der Waals surface area contributed by atoms with Gasteiger partial charge in [0.15, 0.2) is 5.82 Å². The number of anilines is 1. The summed E-state index contributed by atoms with van der Waals surface area (Å²) in [4.78, 5) is 0. The predicted octanol–water partition coefficient (Wildman–Crippen LogP) is 1.24. The Labute approximate surface area is 109 Å². The van der Waals surface area contributed by atoms with Gasteiger partial charge in [-0.05, 0) is 41.5 Å². The number of aromatic nitrogens is 4. The summed E-state index contributed by atoms with van der Waals surface area (Å²) in [5.74, 6) is -0.0311. The summed E-state index contributed by atoms with van der Waals surface area (Å²) in [6, 6.07) is 4.48. The van der Waals surface area contributed by atoms with Crippen LogP contribution in [-0.4, -0.2) is 32.9 Å². The van der Waals surface area contributed by atoms with Gasteiger partial charge in [-0.15, -0.1) is 5.10 Å². The first-order valence-electron chi connectivity index (χ1n) is 6.17. The van der Waals surface area contributed by atoms with Crippen molar-refractivity contribution < 1.29 is 9.13 Å². The van der Waals surface area contributed by atoms with Crippen LogP contribution < -0.4 is 5.73 Å².